The van der Waals surface area contributed by atoms with E-state index in [4.69, 9.17) is 9.84 Å². The second-order valence-corrected chi connectivity index (χ2v) is 5.40. The Bertz CT molecular complexity index is 585. The molecule has 1 saturated heterocycles. The molecule has 1 amide bonds. The number of likely N-dealkylation sites (N-methyl/N-ethyl adjacent to an activating group) is 1. The van der Waals surface area contributed by atoms with Crippen molar-refractivity contribution >= 4 is 5.91 Å². The topological polar surface area (TPSA) is 49.8 Å². The molecule has 0 radical (unpaired) electrons. The maximum Gasteiger partial charge on any atom is 0.253 e. The van der Waals surface area contributed by atoms with Crippen LogP contribution in [0.5, 0.6) is 0 Å². The van der Waals surface area contributed by atoms with Crippen molar-refractivity contribution in [1.82, 2.24) is 4.90 Å². The zero-order valence-corrected chi connectivity index (χ0v) is 12.7. The number of hydrogen-bond acceptors (Lipinski definition) is 3. The van der Waals surface area contributed by atoms with Gasteiger partial charge in [-0.05, 0) is 44.0 Å². The van der Waals surface area contributed by atoms with Gasteiger partial charge in [-0.2, -0.15) is 0 Å². The van der Waals surface area contributed by atoms with Crippen LogP contribution in [0.15, 0.2) is 18.2 Å². The van der Waals surface area contributed by atoms with Gasteiger partial charge < -0.3 is 14.7 Å². The third-order valence-corrected chi connectivity index (χ3v) is 3.79. The second kappa shape index (κ2) is 6.75. The number of rotatable bonds is 2. The van der Waals surface area contributed by atoms with Gasteiger partial charge in [0, 0.05) is 24.8 Å². The van der Waals surface area contributed by atoms with Crippen LogP contribution < -0.4 is 0 Å². The Kier molecular flexibility index (Phi) is 5.00. The third-order valence-electron chi connectivity index (χ3n) is 3.79. The fraction of sp³-hybridized carbons (Fsp3) is 0.471. The molecule has 0 spiro atoms. The van der Waals surface area contributed by atoms with Crippen molar-refractivity contribution in [2.75, 3.05) is 20.3 Å². The average molecular weight is 287 g/mol. The van der Waals surface area contributed by atoms with Crippen LogP contribution in [0, 0.1) is 18.8 Å². The largest absolute Gasteiger partial charge is 0.384 e. The molecule has 1 aromatic rings. The summed E-state index contributed by atoms with van der Waals surface area (Å²) < 4.78 is 5.53. The van der Waals surface area contributed by atoms with E-state index in [1.807, 2.05) is 33.0 Å². The quantitative estimate of drug-likeness (QED) is 0.840. The van der Waals surface area contributed by atoms with Crippen molar-refractivity contribution in [3.8, 4) is 11.8 Å². The normalized spacial score (nSPS) is 20.8. The van der Waals surface area contributed by atoms with Crippen LogP contribution in [0.3, 0.4) is 0 Å². The fourth-order valence-electron chi connectivity index (χ4n) is 2.70. The first kappa shape index (κ1) is 15.6. The molecule has 2 rings (SSSR count). The first-order valence-corrected chi connectivity index (χ1v) is 7.13. The molecule has 4 nitrogen and oxygen atoms in total. The molecule has 0 aromatic heterocycles. The molecule has 112 valence electrons. The summed E-state index contributed by atoms with van der Waals surface area (Å²) in [7, 11) is 1.82. The van der Waals surface area contributed by atoms with Crippen molar-refractivity contribution in [3.05, 3.63) is 34.9 Å². The molecule has 1 N–H and O–H groups in total. The Morgan fingerprint density at radius 3 is 2.86 bits per heavy atom. The van der Waals surface area contributed by atoms with E-state index in [0.29, 0.717) is 12.2 Å². The Hall–Kier alpha value is -1.83. The van der Waals surface area contributed by atoms with E-state index in [-0.39, 0.29) is 24.7 Å². The van der Waals surface area contributed by atoms with Crippen molar-refractivity contribution in [2.45, 2.75) is 32.4 Å². The van der Waals surface area contributed by atoms with E-state index in [1.54, 1.807) is 11.0 Å². The number of benzene rings is 1. The Morgan fingerprint density at radius 2 is 2.24 bits per heavy atom. The van der Waals surface area contributed by atoms with E-state index >= 15 is 0 Å². The number of amides is 1. The number of hydrogen-bond donors (Lipinski definition) is 1. The van der Waals surface area contributed by atoms with Gasteiger partial charge >= 0.3 is 0 Å². The lowest BCUT2D eigenvalue weighted by Gasteiger charge is -2.27. The van der Waals surface area contributed by atoms with Crippen molar-refractivity contribution in [1.29, 1.82) is 0 Å². The van der Waals surface area contributed by atoms with E-state index in [2.05, 4.69) is 11.8 Å². The third kappa shape index (κ3) is 3.63. The minimum absolute atomic E-state index is 0.0203. The SMILES string of the molecule is Cc1cc(C#CCO)cc(C(=O)N(C)C2CCOC2C)c1. The standard InChI is InChI=1S/C17H21NO3/c1-12-9-14(5-4-7-19)11-15(10-12)17(20)18(3)16-6-8-21-13(16)2/h9-11,13,16,19H,6-8H2,1-3H3. The van der Waals surface area contributed by atoms with E-state index in [9.17, 15) is 4.79 Å². The van der Waals surface area contributed by atoms with Gasteiger partial charge in [-0.15, -0.1) is 0 Å². The van der Waals surface area contributed by atoms with Crippen LogP contribution >= 0.6 is 0 Å². The molecule has 0 saturated carbocycles. The lowest BCUT2D eigenvalue weighted by Crippen LogP contribution is -2.41. The highest BCUT2D eigenvalue weighted by molar-refractivity contribution is 5.95. The van der Waals surface area contributed by atoms with Gasteiger partial charge in [0.1, 0.15) is 6.61 Å². The van der Waals surface area contributed by atoms with Crippen LogP contribution in [-0.2, 0) is 4.74 Å². The summed E-state index contributed by atoms with van der Waals surface area (Å²) in [5, 5.41) is 8.77. The van der Waals surface area contributed by atoms with Gasteiger partial charge in [0.15, 0.2) is 0 Å². The second-order valence-electron chi connectivity index (χ2n) is 5.40. The summed E-state index contributed by atoms with van der Waals surface area (Å²) in [6.45, 7) is 4.44. The number of carbonyl (C=O) groups is 1. The predicted molar refractivity (Wildman–Crippen MR) is 81.1 cm³/mol. The predicted octanol–water partition coefficient (Wildman–Crippen LogP) is 1.59. The minimum atomic E-state index is -0.186. The molecular formula is C17H21NO3. The van der Waals surface area contributed by atoms with E-state index < -0.39 is 0 Å². The molecule has 1 heterocycles. The van der Waals surface area contributed by atoms with Gasteiger partial charge in [0.2, 0.25) is 0 Å². The minimum Gasteiger partial charge on any atom is -0.384 e. The lowest BCUT2D eigenvalue weighted by atomic mass is 10.0. The Balaban J connectivity index is 2.24. The highest BCUT2D eigenvalue weighted by atomic mass is 16.5. The Morgan fingerprint density at radius 1 is 1.48 bits per heavy atom. The Labute approximate surface area is 125 Å². The summed E-state index contributed by atoms with van der Waals surface area (Å²) in [5.41, 5.74) is 2.35. The molecule has 1 aromatic carbocycles. The fourth-order valence-corrected chi connectivity index (χ4v) is 2.70. The molecule has 0 bridgehead atoms. The number of carbonyl (C=O) groups excluding carboxylic acids is 1. The van der Waals surface area contributed by atoms with Crippen molar-refractivity contribution in [2.24, 2.45) is 0 Å². The zero-order valence-electron chi connectivity index (χ0n) is 12.7. The molecule has 21 heavy (non-hydrogen) atoms. The van der Waals surface area contributed by atoms with Crippen LogP contribution in [-0.4, -0.2) is 48.3 Å². The van der Waals surface area contributed by atoms with Gasteiger partial charge in [0.05, 0.1) is 12.1 Å². The first-order chi connectivity index (χ1) is 10.0. The summed E-state index contributed by atoms with van der Waals surface area (Å²) in [4.78, 5) is 14.4. The molecule has 2 unspecified atom stereocenters. The zero-order chi connectivity index (χ0) is 15.4. The number of aliphatic hydroxyl groups is 1. The molecule has 2 atom stereocenters. The maximum absolute atomic E-state index is 12.6. The lowest BCUT2D eigenvalue weighted by molar-refractivity contribution is 0.0574. The van der Waals surface area contributed by atoms with E-state index in [0.717, 1.165) is 17.5 Å². The highest BCUT2D eigenvalue weighted by Gasteiger charge is 2.31. The number of nitrogens with zero attached hydrogens (tertiary/aromatic N) is 1. The molecule has 4 heteroatoms. The van der Waals surface area contributed by atoms with Crippen molar-refractivity contribution in [3.63, 3.8) is 0 Å². The van der Waals surface area contributed by atoms with E-state index in [1.165, 1.54) is 0 Å². The van der Waals surface area contributed by atoms with Gasteiger partial charge in [-0.3, -0.25) is 4.79 Å². The van der Waals surface area contributed by atoms with Crippen molar-refractivity contribution < 1.29 is 14.6 Å². The maximum atomic E-state index is 12.6. The van der Waals surface area contributed by atoms with Gasteiger partial charge in [-0.25, -0.2) is 0 Å². The molecular weight excluding hydrogens is 266 g/mol. The van der Waals surface area contributed by atoms with Crippen LogP contribution in [0.25, 0.3) is 0 Å². The summed E-state index contributed by atoms with van der Waals surface area (Å²) in [5.74, 6) is 5.44. The van der Waals surface area contributed by atoms with Gasteiger partial charge in [-0.1, -0.05) is 11.8 Å². The summed E-state index contributed by atoms with van der Waals surface area (Å²) in [6, 6.07) is 5.66. The average Bonchev–Trinajstić information content (AvgIpc) is 2.89. The number of aryl methyl sites for hydroxylation is 1. The summed E-state index contributed by atoms with van der Waals surface area (Å²) >= 11 is 0. The molecule has 0 aliphatic carbocycles. The molecule has 1 aliphatic rings. The molecule has 1 fully saturated rings. The highest BCUT2D eigenvalue weighted by Crippen LogP contribution is 2.21. The smallest absolute Gasteiger partial charge is 0.253 e. The van der Waals surface area contributed by atoms with Crippen LogP contribution in [0.2, 0.25) is 0 Å². The van der Waals surface area contributed by atoms with Crippen LogP contribution in [0.1, 0.15) is 34.8 Å². The number of ether oxygens (including phenoxy) is 1. The molecule has 1 aliphatic heterocycles. The first-order valence-electron chi connectivity index (χ1n) is 7.13. The number of aliphatic hydroxyl groups excluding tert-OH is 1. The van der Waals surface area contributed by atoms with Gasteiger partial charge in [0.25, 0.3) is 5.91 Å². The summed E-state index contributed by atoms with van der Waals surface area (Å²) in [6.07, 6.45) is 0.935. The van der Waals surface area contributed by atoms with Crippen LogP contribution in [0.4, 0.5) is 0 Å². The monoisotopic (exact) mass is 287 g/mol.